The van der Waals surface area contributed by atoms with Gasteiger partial charge in [0, 0.05) is 6.42 Å². The highest BCUT2D eigenvalue weighted by Crippen LogP contribution is 2.28. The first-order valence-corrected chi connectivity index (χ1v) is 13.2. The second-order valence-corrected chi connectivity index (χ2v) is 9.93. The van der Waals surface area contributed by atoms with Crippen LogP contribution < -0.4 is 19.6 Å². The second kappa shape index (κ2) is 13.4. The number of carboxylic acid groups (broad SMARTS) is 1. The van der Waals surface area contributed by atoms with Gasteiger partial charge in [0.1, 0.15) is 0 Å². The number of sulfonamides is 1. The zero-order valence-electron chi connectivity index (χ0n) is 21.0. The summed E-state index contributed by atoms with van der Waals surface area (Å²) in [6.07, 6.45) is 1.19. The van der Waals surface area contributed by atoms with Gasteiger partial charge in [0.25, 0.3) is 0 Å². The molecule has 0 aliphatic heterocycles. The Bertz CT molecular complexity index is 1380. The fraction of sp³-hybridized carbons (Fsp3) is 0.222. The molecule has 1 amide bonds. The lowest BCUT2D eigenvalue weighted by molar-refractivity contribution is -0.139. The zero-order valence-corrected chi connectivity index (χ0v) is 21.8. The number of hydrogen-bond donors (Lipinski definition) is 3. The molecule has 0 aliphatic rings. The standard InChI is InChI=1S/C27H29N3O7S/c1-3-36-25-15-20(11-14-24(25)37-18-27(32)33)17-28-29-26(31)16-23(21-7-5-4-6-8-21)30-38(34,35)22-12-9-19(2)10-13-22/h4-15,17,23,30H,3,16,18H2,1-2H3,(H,29,31)(H,32,33)/b28-17-/t23-/m1/s1. The first kappa shape index (κ1) is 28.4. The Morgan fingerprint density at radius 3 is 2.37 bits per heavy atom. The molecule has 0 unspecified atom stereocenters. The van der Waals surface area contributed by atoms with Crippen molar-refractivity contribution < 1.29 is 32.6 Å². The van der Waals surface area contributed by atoms with Gasteiger partial charge in [-0.05, 0) is 55.3 Å². The zero-order chi connectivity index (χ0) is 27.5. The average molecular weight is 540 g/mol. The van der Waals surface area contributed by atoms with Gasteiger partial charge in [-0.1, -0.05) is 48.0 Å². The predicted molar refractivity (Wildman–Crippen MR) is 142 cm³/mol. The van der Waals surface area contributed by atoms with Crippen LogP contribution in [-0.2, 0) is 19.6 Å². The summed E-state index contributed by atoms with van der Waals surface area (Å²) in [5.41, 5.74) is 4.54. The van der Waals surface area contributed by atoms with E-state index in [0.717, 1.165) is 5.56 Å². The Balaban J connectivity index is 1.70. The first-order valence-electron chi connectivity index (χ1n) is 11.7. The third-order valence-corrected chi connectivity index (χ3v) is 6.73. The summed E-state index contributed by atoms with van der Waals surface area (Å²) in [5.74, 6) is -1.02. The first-order chi connectivity index (χ1) is 18.2. The van der Waals surface area contributed by atoms with Gasteiger partial charge < -0.3 is 14.6 Å². The van der Waals surface area contributed by atoms with Gasteiger partial charge in [-0.2, -0.15) is 5.10 Å². The van der Waals surface area contributed by atoms with E-state index in [-0.39, 0.29) is 17.1 Å². The molecule has 0 saturated heterocycles. The van der Waals surface area contributed by atoms with Crippen LogP contribution in [0.3, 0.4) is 0 Å². The minimum Gasteiger partial charge on any atom is -0.490 e. The molecule has 0 bridgehead atoms. The van der Waals surface area contributed by atoms with Gasteiger partial charge in [-0.25, -0.2) is 23.4 Å². The third kappa shape index (κ3) is 8.43. The molecule has 0 radical (unpaired) electrons. The highest BCUT2D eigenvalue weighted by molar-refractivity contribution is 7.89. The summed E-state index contributed by atoms with van der Waals surface area (Å²) in [6.45, 7) is 3.46. The Labute approximate surface area is 221 Å². The average Bonchev–Trinajstić information content (AvgIpc) is 2.88. The number of ether oxygens (including phenoxy) is 2. The van der Waals surface area contributed by atoms with Crippen molar-refractivity contribution in [3.8, 4) is 11.5 Å². The van der Waals surface area contributed by atoms with Gasteiger partial charge in [0.15, 0.2) is 18.1 Å². The maximum absolute atomic E-state index is 13.0. The van der Waals surface area contributed by atoms with Crippen molar-refractivity contribution in [2.24, 2.45) is 5.10 Å². The number of hydrogen-bond acceptors (Lipinski definition) is 7. The number of hydrazone groups is 1. The van der Waals surface area contributed by atoms with Gasteiger partial charge in [-0.3, -0.25) is 4.79 Å². The number of carboxylic acids is 1. The second-order valence-electron chi connectivity index (χ2n) is 8.22. The Hall–Kier alpha value is -4.22. The van der Waals surface area contributed by atoms with E-state index in [1.165, 1.54) is 18.3 Å². The SMILES string of the molecule is CCOc1cc(/C=N\NC(=O)C[C@@H](NS(=O)(=O)c2ccc(C)cc2)c2ccccc2)ccc1OCC(=O)O. The number of benzene rings is 3. The Morgan fingerprint density at radius 2 is 1.71 bits per heavy atom. The Kier molecular flexibility index (Phi) is 9.97. The molecule has 11 heteroatoms. The molecular formula is C27H29N3O7S. The van der Waals surface area contributed by atoms with Crippen molar-refractivity contribution in [1.29, 1.82) is 0 Å². The molecule has 0 saturated carbocycles. The van der Waals surface area contributed by atoms with E-state index in [2.05, 4.69) is 15.2 Å². The molecule has 3 aromatic rings. The lowest BCUT2D eigenvalue weighted by atomic mass is 10.0. The van der Waals surface area contributed by atoms with Crippen LogP contribution in [0.15, 0.2) is 82.8 Å². The summed E-state index contributed by atoms with van der Waals surface area (Å²) >= 11 is 0. The van der Waals surface area contributed by atoms with E-state index < -0.39 is 34.5 Å². The molecule has 3 N–H and O–H groups in total. The molecule has 3 rings (SSSR count). The van der Waals surface area contributed by atoms with Gasteiger partial charge in [0.2, 0.25) is 15.9 Å². The van der Waals surface area contributed by atoms with Gasteiger partial charge in [0.05, 0.1) is 23.8 Å². The lowest BCUT2D eigenvalue weighted by Gasteiger charge is -2.18. The minimum atomic E-state index is -3.89. The number of nitrogens with one attached hydrogen (secondary N) is 2. The molecule has 0 fully saturated rings. The van der Waals surface area contributed by atoms with E-state index in [4.69, 9.17) is 14.6 Å². The third-order valence-electron chi connectivity index (χ3n) is 5.24. The number of nitrogens with zero attached hydrogens (tertiary/aromatic N) is 1. The van der Waals surface area contributed by atoms with Crippen molar-refractivity contribution in [3.05, 3.63) is 89.5 Å². The van der Waals surface area contributed by atoms with Crippen molar-refractivity contribution in [2.45, 2.75) is 31.2 Å². The number of amides is 1. The molecule has 0 aliphatic carbocycles. The van der Waals surface area contributed by atoms with E-state index in [1.807, 2.05) is 6.92 Å². The Morgan fingerprint density at radius 1 is 1.00 bits per heavy atom. The number of aryl methyl sites for hydroxylation is 1. The molecule has 10 nitrogen and oxygen atoms in total. The number of rotatable bonds is 13. The monoisotopic (exact) mass is 539 g/mol. The number of carbonyl (C=O) groups excluding carboxylic acids is 1. The van der Waals surface area contributed by atoms with Crippen LogP contribution in [0, 0.1) is 6.92 Å². The fourth-order valence-electron chi connectivity index (χ4n) is 3.43. The molecule has 0 spiro atoms. The quantitative estimate of drug-likeness (QED) is 0.223. The molecule has 1 atom stereocenters. The van der Waals surface area contributed by atoms with Crippen LogP contribution in [0.5, 0.6) is 11.5 Å². The van der Waals surface area contributed by atoms with Crippen LogP contribution in [-0.4, -0.2) is 44.8 Å². The predicted octanol–water partition coefficient (Wildman–Crippen LogP) is 3.42. The van der Waals surface area contributed by atoms with Gasteiger partial charge in [-0.15, -0.1) is 0 Å². The molecule has 38 heavy (non-hydrogen) atoms. The highest BCUT2D eigenvalue weighted by Gasteiger charge is 2.23. The van der Waals surface area contributed by atoms with Crippen molar-refractivity contribution in [3.63, 3.8) is 0 Å². The van der Waals surface area contributed by atoms with E-state index in [0.29, 0.717) is 23.5 Å². The minimum absolute atomic E-state index is 0.100. The van der Waals surface area contributed by atoms with Crippen molar-refractivity contribution >= 4 is 28.1 Å². The topological polar surface area (TPSA) is 143 Å². The van der Waals surface area contributed by atoms with Crippen LogP contribution in [0.2, 0.25) is 0 Å². The lowest BCUT2D eigenvalue weighted by Crippen LogP contribution is -2.32. The molecule has 0 aromatic heterocycles. The van der Waals surface area contributed by atoms with Crippen LogP contribution >= 0.6 is 0 Å². The smallest absolute Gasteiger partial charge is 0.341 e. The van der Waals surface area contributed by atoms with Crippen molar-refractivity contribution in [1.82, 2.24) is 10.1 Å². The maximum atomic E-state index is 13.0. The largest absolute Gasteiger partial charge is 0.490 e. The highest BCUT2D eigenvalue weighted by atomic mass is 32.2. The fourth-order valence-corrected chi connectivity index (χ4v) is 4.65. The maximum Gasteiger partial charge on any atom is 0.341 e. The normalized spacial score (nSPS) is 12.2. The van der Waals surface area contributed by atoms with Crippen LogP contribution in [0.1, 0.15) is 36.1 Å². The summed E-state index contributed by atoms with van der Waals surface area (Å²) < 4.78 is 39.3. The van der Waals surface area contributed by atoms with Crippen molar-refractivity contribution in [2.75, 3.05) is 13.2 Å². The van der Waals surface area contributed by atoms with Crippen LogP contribution in [0.4, 0.5) is 0 Å². The number of aliphatic carboxylic acids is 1. The van der Waals surface area contributed by atoms with E-state index in [1.54, 1.807) is 67.6 Å². The summed E-state index contributed by atoms with van der Waals surface area (Å²) in [7, 11) is -3.89. The summed E-state index contributed by atoms with van der Waals surface area (Å²) in [6, 6.07) is 19.2. The molecule has 3 aromatic carbocycles. The molecule has 200 valence electrons. The van der Waals surface area contributed by atoms with E-state index in [9.17, 15) is 18.0 Å². The van der Waals surface area contributed by atoms with Crippen LogP contribution in [0.25, 0.3) is 0 Å². The molecule has 0 heterocycles. The molecular weight excluding hydrogens is 510 g/mol. The number of carbonyl (C=O) groups is 2. The van der Waals surface area contributed by atoms with Gasteiger partial charge >= 0.3 is 5.97 Å². The summed E-state index contributed by atoms with van der Waals surface area (Å²) in [4.78, 5) is 23.6. The summed E-state index contributed by atoms with van der Waals surface area (Å²) in [5, 5.41) is 12.8. The van der Waals surface area contributed by atoms with E-state index >= 15 is 0 Å².